The third-order valence-corrected chi connectivity index (χ3v) is 1.60. The van der Waals surface area contributed by atoms with Crippen molar-refractivity contribution < 1.29 is 37.4 Å². The van der Waals surface area contributed by atoms with Crippen LogP contribution >= 0.6 is 0 Å². The summed E-state index contributed by atoms with van der Waals surface area (Å²) in [7, 11) is -2.54. The van der Waals surface area contributed by atoms with Crippen LogP contribution in [-0.4, -0.2) is 22.5 Å². The van der Waals surface area contributed by atoms with E-state index < -0.39 is 36.4 Å². The van der Waals surface area contributed by atoms with Gasteiger partial charge in [0, 0.05) is 0 Å². The molecule has 0 amide bonds. The van der Waals surface area contributed by atoms with Gasteiger partial charge in [0.05, 0.1) is 5.56 Å². The molecular formula is C7H5BF4O4. The third kappa shape index (κ3) is 2.55. The Hall–Kier alpha value is -1.48. The molecule has 0 aliphatic carbocycles. The Kier molecular flexibility index (Phi) is 3.29. The molecule has 1 aromatic rings. The molecule has 1 rings (SSSR count). The van der Waals surface area contributed by atoms with E-state index in [1.54, 1.807) is 0 Å². The minimum absolute atomic E-state index is 0.307. The number of halogens is 4. The zero-order valence-electron chi connectivity index (χ0n) is 7.49. The molecule has 1 aromatic carbocycles. The molecule has 16 heavy (non-hydrogen) atoms. The van der Waals surface area contributed by atoms with Crippen LogP contribution in [0.3, 0.4) is 0 Å². The fourth-order valence-electron chi connectivity index (χ4n) is 0.982. The van der Waals surface area contributed by atoms with Crippen LogP contribution in [0.5, 0.6) is 11.5 Å². The monoisotopic (exact) mass is 240 g/mol. The first kappa shape index (κ1) is 12.6. The van der Waals surface area contributed by atoms with Gasteiger partial charge < -0.3 is 19.8 Å². The van der Waals surface area contributed by atoms with Crippen molar-refractivity contribution in [2.45, 2.75) is 6.18 Å². The van der Waals surface area contributed by atoms with Crippen LogP contribution in [0, 0.1) is 5.82 Å². The van der Waals surface area contributed by atoms with Gasteiger partial charge in [0.1, 0.15) is 0 Å². The largest absolute Gasteiger partial charge is 0.707 e. The zero-order valence-corrected chi connectivity index (χ0v) is 7.49. The number of aromatic hydroxyl groups is 1. The van der Waals surface area contributed by atoms with Crippen LogP contribution in [-0.2, 0) is 6.18 Å². The van der Waals surface area contributed by atoms with Gasteiger partial charge in [0.15, 0.2) is 17.3 Å². The lowest BCUT2D eigenvalue weighted by atomic mass is 10.1. The van der Waals surface area contributed by atoms with Gasteiger partial charge >= 0.3 is 13.5 Å². The Bertz CT molecular complexity index is 393. The van der Waals surface area contributed by atoms with Gasteiger partial charge in [0.25, 0.3) is 0 Å². The van der Waals surface area contributed by atoms with Crippen LogP contribution < -0.4 is 4.65 Å². The number of phenolic OH excluding ortho intramolecular Hbond substituents is 1. The maximum Gasteiger partial charge on any atom is 0.707 e. The van der Waals surface area contributed by atoms with Gasteiger partial charge in [-0.25, -0.2) is 4.39 Å². The molecule has 9 heteroatoms. The predicted molar refractivity (Wildman–Crippen MR) is 43.9 cm³/mol. The molecule has 88 valence electrons. The molecule has 3 N–H and O–H groups in total. The van der Waals surface area contributed by atoms with Crippen LogP contribution in [0.2, 0.25) is 0 Å². The van der Waals surface area contributed by atoms with E-state index in [1.165, 1.54) is 0 Å². The van der Waals surface area contributed by atoms with Gasteiger partial charge in [0.2, 0.25) is 0 Å². The maximum atomic E-state index is 13.2. The van der Waals surface area contributed by atoms with E-state index in [2.05, 4.69) is 4.65 Å². The third-order valence-electron chi connectivity index (χ3n) is 1.60. The van der Waals surface area contributed by atoms with Crippen molar-refractivity contribution in [1.82, 2.24) is 0 Å². The highest BCUT2D eigenvalue weighted by molar-refractivity contribution is 6.33. The number of phenols is 1. The Morgan fingerprint density at radius 3 is 2.19 bits per heavy atom. The Labute approximate surface area is 86.9 Å². The number of benzene rings is 1. The average molecular weight is 240 g/mol. The highest BCUT2D eigenvalue weighted by Crippen LogP contribution is 2.39. The lowest BCUT2D eigenvalue weighted by Crippen LogP contribution is -2.22. The molecule has 0 bridgehead atoms. The minimum Gasteiger partial charge on any atom is -0.507 e. The summed E-state index contributed by atoms with van der Waals surface area (Å²) in [5.74, 6) is -4.16. The van der Waals surface area contributed by atoms with E-state index >= 15 is 0 Å². The maximum absolute atomic E-state index is 13.2. The van der Waals surface area contributed by atoms with Gasteiger partial charge in [-0.2, -0.15) is 13.2 Å². The quantitative estimate of drug-likeness (QED) is 0.530. The van der Waals surface area contributed by atoms with E-state index in [-0.39, 0.29) is 0 Å². The summed E-state index contributed by atoms with van der Waals surface area (Å²) in [6.07, 6.45) is -4.98. The molecule has 0 fully saturated rings. The van der Waals surface area contributed by atoms with Crippen LogP contribution in [0.1, 0.15) is 5.56 Å². The number of rotatable bonds is 2. The first-order valence-electron chi connectivity index (χ1n) is 3.85. The highest BCUT2D eigenvalue weighted by atomic mass is 19.4. The summed E-state index contributed by atoms with van der Waals surface area (Å²) in [6.45, 7) is 0. The predicted octanol–water partition coefficient (Wildman–Crippen LogP) is 0.898. The second-order valence-corrected chi connectivity index (χ2v) is 2.72. The summed E-state index contributed by atoms with van der Waals surface area (Å²) < 4.78 is 53.6. The second kappa shape index (κ2) is 4.18. The number of hydrogen-bond acceptors (Lipinski definition) is 4. The molecule has 0 aliphatic rings. The number of alkyl halides is 3. The molecule has 0 heterocycles. The molecule has 0 saturated heterocycles. The van der Waals surface area contributed by atoms with Crippen molar-refractivity contribution in [3.63, 3.8) is 0 Å². The molecule has 4 nitrogen and oxygen atoms in total. The molecule has 0 aliphatic heterocycles. The van der Waals surface area contributed by atoms with Crippen LogP contribution in [0.4, 0.5) is 17.6 Å². The summed E-state index contributed by atoms with van der Waals surface area (Å²) in [5, 5.41) is 25.6. The van der Waals surface area contributed by atoms with Crippen molar-refractivity contribution in [2.75, 3.05) is 0 Å². The minimum atomic E-state index is -4.98. The Morgan fingerprint density at radius 2 is 1.75 bits per heavy atom. The van der Waals surface area contributed by atoms with E-state index in [1.807, 2.05) is 0 Å². The Morgan fingerprint density at radius 1 is 1.19 bits per heavy atom. The second-order valence-electron chi connectivity index (χ2n) is 2.72. The number of hydrogen-bond donors (Lipinski definition) is 3. The zero-order chi connectivity index (χ0) is 12.5. The fraction of sp³-hybridized carbons (Fsp3) is 0.143. The molecule has 0 aromatic heterocycles. The molecule has 0 radical (unpaired) electrons. The Balaban J connectivity index is 3.27. The van der Waals surface area contributed by atoms with Crippen LogP contribution in [0.25, 0.3) is 0 Å². The smallest absolute Gasteiger partial charge is 0.507 e. The molecule has 0 unspecified atom stereocenters. The van der Waals surface area contributed by atoms with Crippen molar-refractivity contribution in [3.05, 3.63) is 23.5 Å². The lowest BCUT2D eigenvalue weighted by molar-refractivity contribution is -0.140. The van der Waals surface area contributed by atoms with Gasteiger partial charge in [-0.1, -0.05) is 0 Å². The molecule has 0 saturated carbocycles. The van der Waals surface area contributed by atoms with Gasteiger partial charge in [-0.05, 0) is 12.1 Å². The average Bonchev–Trinajstić information content (AvgIpc) is 2.09. The standard InChI is InChI=1S/C7H5BF4O4/c9-5-3(7(10,11)12)1-2-4(13)6(5)16-8(14)15/h1-2,13-15H. The van der Waals surface area contributed by atoms with Crippen molar-refractivity contribution in [3.8, 4) is 11.5 Å². The summed E-state index contributed by atoms with van der Waals surface area (Å²) in [4.78, 5) is 0. The highest BCUT2D eigenvalue weighted by Gasteiger charge is 2.36. The van der Waals surface area contributed by atoms with Crippen molar-refractivity contribution in [1.29, 1.82) is 0 Å². The molecule has 0 spiro atoms. The van der Waals surface area contributed by atoms with Crippen LogP contribution in [0.15, 0.2) is 12.1 Å². The van der Waals surface area contributed by atoms with E-state index in [0.29, 0.717) is 12.1 Å². The normalized spacial score (nSPS) is 11.4. The summed E-state index contributed by atoms with van der Waals surface area (Å²) >= 11 is 0. The van der Waals surface area contributed by atoms with E-state index in [0.717, 1.165) is 0 Å². The first-order chi connectivity index (χ1) is 7.23. The fourth-order valence-corrected chi connectivity index (χ4v) is 0.982. The van der Waals surface area contributed by atoms with Gasteiger partial charge in [-0.15, -0.1) is 0 Å². The summed E-state index contributed by atoms with van der Waals surface area (Å²) in [5.41, 5.74) is -1.68. The molecular weight excluding hydrogens is 235 g/mol. The lowest BCUT2D eigenvalue weighted by Gasteiger charge is -2.13. The first-order valence-corrected chi connectivity index (χ1v) is 3.85. The SMILES string of the molecule is OB(O)Oc1c(O)ccc(C(F)(F)F)c1F. The topological polar surface area (TPSA) is 69.9 Å². The van der Waals surface area contributed by atoms with Gasteiger partial charge in [-0.3, -0.25) is 0 Å². The van der Waals surface area contributed by atoms with Crippen molar-refractivity contribution in [2.24, 2.45) is 0 Å². The van der Waals surface area contributed by atoms with Crippen molar-refractivity contribution >= 4 is 7.32 Å². The van der Waals surface area contributed by atoms with E-state index in [9.17, 15) is 17.6 Å². The molecule has 0 atom stereocenters. The van der Waals surface area contributed by atoms with E-state index in [4.69, 9.17) is 15.2 Å². The summed E-state index contributed by atoms with van der Waals surface area (Å²) in [6, 6.07) is 0.838.